The Balaban J connectivity index is 1.48. The van der Waals surface area contributed by atoms with Crippen molar-refractivity contribution in [3.05, 3.63) is 52.1 Å². The fourth-order valence-corrected chi connectivity index (χ4v) is 4.42. The van der Waals surface area contributed by atoms with Gasteiger partial charge >= 0.3 is 12.0 Å². The molecule has 1 aliphatic rings. The number of rotatable bonds is 11. The van der Waals surface area contributed by atoms with E-state index in [1.165, 1.54) is 12.3 Å². The van der Waals surface area contributed by atoms with Crippen LogP contribution in [0.25, 0.3) is 0 Å². The molecule has 37 heavy (non-hydrogen) atoms. The van der Waals surface area contributed by atoms with Gasteiger partial charge in [-0.3, -0.25) is 9.59 Å². The highest BCUT2D eigenvalue weighted by molar-refractivity contribution is 6.35. The summed E-state index contributed by atoms with van der Waals surface area (Å²) in [5.74, 6) is -1.02. The van der Waals surface area contributed by atoms with Gasteiger partial charge in [-0.25, -0.2) is 9.78 Å². The molecule has 2 heterocycles. The zero-order valence-corrected chi connectivity index (χ0v) is 22.0. The van der Waals surface area contributed by atoms with Gasteiger partial charge in [-0.15, -0.1) is 0 Å². The van der Waals surface area contributed by atoms with Gasteiger partial charge in [0.1, 0.15) is 5.02 Å². The molecule has 1 aliphatic heterocycles. The second kappa shape index (κ2) is 14.0. The second-order valence-electron chi connectivity index (χ2n) is 8.76. The van der Waals surface area contributed by atoms with Crippen LogP contribution in [0.2, 0.25) is 10.0 Å². The number of anilines is 1. The number of aromatic nitrogens is 1. The molecule has 0 radical (unpaired) electrons. The second-order valence-corrected chi connectivity index (χ2v) is 9.60. The highest BCUT2D eigenvalue weighted by Crippen LogP contribution is 2.26. The molecule has 0 spiro atoms. The monoisotopic (exact) mass is 551 g/mol. The number of carbonyl (C=O) groups is 3. The molecule has 0 aliphatic carbocycles. The Morgan fingerprint density at radius 2 is 2.08 bits per heavy atom. The number of urea groups is 1. The lowest BCUT2D eigenvalue weighted by Crippen LogP contribution is -2.49. The average molecular weight is 552 g/mol. The van der Waals surface area contributed by atoms with Crippen LogP contribution in [0.4, 0.5) is 10.5 Å². The number of nitrogens with zero attached hydrogens (tertiary/aromatic N) is 2. The van der Waals surface area contributed by atoms with Crippen LogP contribution < -0.4 is 20.7 Å². The number of carbonyl (C=O) groups excluding carboxylic acids is 2. The smallest absolute Gasteiger partial charge is 0.319 e. The number of aliphatic carboxylic acids is 1. The Morgan fingerprint density at radius 1 is 1.27 bits per heavy atom. The maximum atomic E-state index is 12.7. The summed E-state index contributed by atoms with van der Waals surface area (Å²) in [6, 6.07) is 8.27. The zero-order valence-electron chi connectivity index (χ0n) is 20.5. The van der Waals surface area contributed by atoms with E-state index in [2.05, 4.69) is 25.8 Å². The van der Waals surface area contributed by atoms with Crippen molar-refractivity contribution >= 4 is 46.8 Å². The molecular formula is C25H31Cl2N5O5. The summed E-state index contributed by atoms with van der Waals surface area (Å²) < 4.78 is 5.67. The van der Waals surface area contributed by atoms with Gasteiger partial charge in [-0.05, 0) is 49.6 Å². The predicted octanol–water partition coefficient (Wildman–Crippen LogP) is 3.92. The van der Waals surface area contributed by atoms with E-state index in [-0.39, 0.29) is 41.8 Å². The molecule has 3 rings (SSSR count). The van der Waals surface area contributed by atoms with Gasteiger partial charge in [0.25, 0.3) is 5.91 Å². The van der Waals surface area contributed by atoms with Crippen molar-refractivity contribution in [3.8, 4) is 5.88 Å². The van der Waals surface area contributed by atoms with Crippen LogP contribution in [0, 0.1) is 0 Å². The number of benzene rings is 1. The van der Waals surface area contributed by atoms with Crippen molar-refractivity contribution < 1.29 is 24.2 Å². The third-order valence-electron chi connectivity index (χ3n) is 5.83. The first-order valence-corrected chi connectivity index (χ1v) is 12.8. The molecule has 2 atom stereocenters. The van der Waals surface area contributed by atoms with Gasteiger partial charge in [0.15, 0.2) is 6.10 Å². The number of likely N-dealkylation sites (tertiary alicyclic amines) is 1. The summed E-state index contributed by atoms with van der Waals surface area (Å²) in [7, 11) is 0. The van der Waals surface area contributed by atoms with Gasteiger partial charge in [0.05, 0.1) is 11.4 Å². The highest BCUT2D eigenvalue weighted by atomic mass is 35.5. The minimum absolute atomic E-state index is 0.0559. The third kappa shape index (κ3) is 9.38. The van der Waals surface area contributed by atoms with Crippen LogP contribution in [-0.2, 0) is 16.1 Å². The molecule has 10 nitrogen and oxygen atoms in total. The number of hydrogen-bond acceptors (Lipinski definition) is 6. The lowest BCUT2D eigenvalue weighted by molar-refractivity contribution is -0.137. The Morgan fingerprint density at radius 3 is 2.81 bits per heavy atom. The molecule has 0 unspecified atom stereocenters. The number of hydrogen-bond donors (Lipinski definition) is 4. The predicted molar refractivity (Wildman–Crippen MR) is 141 cm³/mol. The Hall–Kier alpha value is -3.08. The normalized spacial score (nSPS) is 16.5. The van der Waals surface area contributed by atoms with Gasteiger partial charge in [0, 0.05) is 37.6 Å². The molecule has 3 amide bonds. The average Bonchev–Trinajstić information content (AvgIpc) is 2.86. The maximum absolute atomic E-state index is 12.7. The first-order chi connectivity index (χ1) is 17.7. The minimum atomic E-state index is -0.829. The number of ether oxygens (including phenoxy) is 1. The fourth-order valence-electron chi connectivity index (χ4n) is 3.99. The number of amides is 3. The van der Waals surface area contributed by atoms with Gasteiger partial charge < -0.3 is 30.7 Å². The van der Waals surface area contributed by atoms with Crippen LogP contribution in [0.5, 0.6) is 5.88 Å². The SMILES string of the molecule is CC[C@@H](Oc1ncc(Cl)cc1Cl)C(=O)NCc1cccc(NC(=O)N[C@H]2CCCN(CCC(=O)O)C2)c1. The van der Waals surface area contributed by atoms with Crippen molar-refractivity contribution in [1.82, 2.24) is 20.5 Å². The van der Waals surface area contributed by atoms with Crippen molar-refractivity contribution in [3.63, 3.8) is 0 Å². The number of halogens is 2. The molecule has 0 saturated carbocycles. The summed E-state index contributed by atoms with van der Waals surface area (Å²) in [5.41, 5.74) is 1.38. The first kappa shape index (κ1) is 28.5. The topological polar surface area (TPSA) is 133 Å². The fraction of sp³-hybridized carbons (Fsp3) is 0.440. The van der Waals surface area contributed by atoms with Crippen LogP contribution in [-0.4, -0.2) is 64.7 Å². The Kier molecular flexibility index (Phi) is 10.8. The van der Waals surface area contributed by atoms with E-state index in [0.717, 1.165) is 24.9 Å². The van der Waals surface area contributed by atoms with Crippen LogP contribution >= 0.6 is 23.2 Å². The van der Waals surface area contributed by atoms with Crippen LogP contribution in [0.3, 0.4) is 0 Å². The van der Waals surface area contributed by atoms with Crippen molar-refractivity contribution in [2.75, 3.05) is 25.0 Å². The van der Waals surface area contributed by atoms with E-state index in [4.69, 9.17) is 33.0 Å². The first-order valence-electron chi connectivity index (χ1n) is 12.1. The maximum Gasteiger partial charge on any atom is 0.319 e. The number of pyridine rings is 1. The molecule has 4 N–H and O–H groups in total. The lowest BCUT2D eigenvalue weighted by atomic mass is 10.1. The summed E-state index contributed by atoms with van der Waals surface area (Å²) in [5, 5.41) is 18.1. The highest BCUT2D eigenvalue weighted by Gasteiger charge is 2.22. The number of carboxylic acids is 1. The number of nitrogens with one attached hydrogen (secondary N) is 3. The quantitative estimate of drug-likeness (QED) is 0.332. The Labute approximate surface area is 225 Å². The summed E-state index contributed by atoms with van der Waals surface area (Å²) in [6.07, 6.45) is 2.82. The van der Waals surface area contributed by atoms with Gasteiger partial charge in [0.2, 0.25) is 5.88 Å². The van der Waals surface area contributed by atoms with E-state index in [9.17, 15) is 14.4 Å². The molecule has 0 bridgehead atoms. The largest absolute Gasteiger partial charge is 0.481 e. The lowest BCUT2D eigenvalue weighted by Gasteiger charge is -2.32. The number of carboxylic acid groups (broad SMARTS) is 1. The van der Waals surface area contributed by atoms with E-state index in [0.29, 0.717) is 30.2 Å². The molecule has 1 aromatic carbocycles. The minimum Gasteiger partial charge on any atom is -0.481 e. The third-order valence-corrected chi connectivity index (χ3v) is 6.30. The summed E-state index contributed by atoms with van der Waals surface area (Å²) in [6.45, 7) is 3.96. The standard InChI is InChI=1S/C25H31Cl2N5O5/c1-2-21(37-24-20(27)12-17(26)14-29-24)23(35)28-13-16-5-3-6-18(11-16)30-25(36)31-19-7-4-9-32(15-19)10-8-22(33)34/h3,5-6,11-12,14,19,21H,2,4,7-10,13,15H2,1H3,(H,28,35)(H,33,34)(H2,30,31,36)/t19-,21+/m0/s1. The van der Waals surface area contributed by atoms with Gasteiger partial charge in [-0.1, -0.05) is 42.3 Å². The van der Waals surface area contributed by atoms with E-state index in [1.807, 2.05) is 13.0 Å². The summed E-state index contributed by atoms with van der Waals surface area (Å²) >= 11 is 11.9. The van der Waals surface area contributed by atoms with E-state index in [1.54, 1.807) is 18.2 Å². The molecule has 1 fully saturated rings. The molecular weight excluding hydrogens is 521 g/mol. The van der Waals surface area contributed by atoms with Crippen LogP contribution in [0.15, 0.2) is 36.5 Å². The Bertz CT molecular complexity index is 1100. The van der Waals surface area contributed by atoms with E-state index >= 15 is 0 Å². The van der Waals surface area contributed by atoms with Crippen molar-refractivity contribution in [2.45, 2.75) is 51.3 Å². The molecule has 2 aromatic rings. The summed E-state index contributed by atoms with van der Waals surface area (Å²) in [4.78, 5) is 42.1. The molecule has 200 valence electrons. The van der Waals surface area contributed by atoms with Crippen LogP contribution in [0.1, 0.15) is 38.2 Å². The molecule has 1 aromatic heterocycles. The van der Waals surface area contributed by atoms with E-state index < -0.39 is 12.1 Å². The number of piperidine rings is 1. The zero-order chi connectivity index (χ0) is 26.8. The molecule has 1 saturated heterocycles. The van der Waals surface area contributed by atoms with Crippen molar-refractivity contribution in [2.24, 2.45) is 0 Å². The van der Waals surface area contributed by atoms with Crippen molar-refractivity contribution in [1.29, 1.82) is 0 Å². The molecule has 12 heteroatoms. The van der Waals surface area contributed by atoms with Gasteiger partial charge in [-0.2, -0.15) is 0 Å².